The van der Waals surface area contributed by atoms with Gasteiger partial charge < -0.3 is 0 Å². The van der Waals surface area contributed by atoms with Crippen LogP contribution in [0.1, 0.15) is 15.9 Å². The SMILES string of the molecule is O=C(NN1C(=O)/C(=C\c2ccncc2)SC1=S)c1ccc(Cl)cc1. The van der Waals surface area contributed by atoms with Crippen molar-refractivity contribution in [2.45, 2.75) is 0 Å². The lowest BCUT2D eigenvalue weighted by Crippen LogP contribution is -2.44. The second-order valence-electron chi connectivity index (χ2n) is 4.75. The minimum atomic E-state index is -0.437. The molecule has 1 N–H and O–H groups in total. The summed E-state index contributed by atoms with van der Waals surface area (Å²) in [5, 5.41) is 1.60. The molecule has 2 amide bonds. The first-order valence-corrected chi connectivity index (χ1v) is 8.39. The van der Waals surface area contributed by atoms with Gasteiger partial charge in [0.1, 0.15) is 0 Å². The molecule has 3 rings (SSSR count). The van der Waals surface area contributed by atoms with Crippen LogP contribution in [0.5, 0.6) is 0 Å². The Kier molecular flexibility index (Phi) is 4.94. The van der Waals surface area contributed by atoms with Gasteiger partial charge in [-0.3, -0.25) is 20.0 Å². The van der Waals surface area contributed by atoms with Crippen LogP contribution in [0.2, 0.25) is 5.02 Å². The van der Waals surface area contributed by atoms with E-state index in [1.54, 1.807) is 54.9 Å². The van der Waals surface area contributed by atoms with Crippen LogP contribution in [-0.4, -0.2) is 26.1 Å². The van der Waals surface area contributed by atoms with E-state index in [-0.39, 0.29) is 10.2 Å². The zero-order valence-corrected chi connectivity index (χ0v) is 14.5. The summed E-state index contributed by atoms with van der Waals surface area (Å²) in [6, 6.07) is 9.90. The first kappa shape index (κ1) is 16.6. The lowest BCUT2D eigenvalue weighted by molar-refractivity contribution is -0.123. The summed E-state index contributed by atoms with van der Waals surface area (Å²) in [6.45, 7) is 0. The Hall–Kier alpha value is -2.22. The Labute approximate surface area is 152 Å². The van der Waals surface area contributed by atoms with Crippen LogP contribution in [0.25, 0.3) is 6.08 Å². The van der Waals surface area contributed by atoms with Crippen molar-refractivity contribution in [3.05, 3.63) is 69.8 Å². The first-order valence-electron chi connectivity index (χ1n) is 6.79. The predicted octanol–water partition coefficient (Wildman–Crippen LogP) is 3.28. The molecule has 120 valence electrons. The summed E-state index contributed by atoms with van der Waals surface area (Å²) in [5.74, 6) is -0.808. The van der Waals surface area contributed by atoms with Crippen molar-refractivity contribution in [3.63, 3.8) is 0 Å². The molecule has 1 aliphatic rings. The third kappa shape index (κ3) is 3.64. The van der Waals surface area contributed by atoms with E-state index in [0.29, 0.717) is 15.5 Å². The molecule has 0 radical (unpaired) electrons. The fourth-order valence-electron chi connectivity index (χ4n) is 1.94. The molecule has 8 heteroatoms. The summed E-state index contributed by atoms with van der Waals surface area (Å²) in [7, 11) is 0. The molecule has 24 heavy (non-hydrogen) atoms. The highest BCUT2D eigenvalue weighted by molar-refractivity contribution is 8.26. The molecule has 1 aliphatic heterocycles. The Morgan fingerprint density at radius 2 is 1.88 bits per heavy atom. The number of carbonyl (C=O) groups is 2. The van der Waals surface area contributed by atoms with Crippen LogP contribution in [0.3, 0.4) is 0 Å². The largest absolute Gasteiger partial charge is 0.285 e. The van der Waals surface area contributed by atoms with E-state index in [1.165, 1.54) is 0 Å². The van der Waals surface area contributed by atoms with E-state index in [2.05, 4.69) is 10.4 Å². The lowest BCUT2D eigenvalue weighted by Gasteiger charge is -2.15. The van der Waals surface area contributed by atoms with Gasteiger partial charge in [-0.05, 0) is 60.3 Å². The van der Waals surface area contributed by atoms with Gasteiger partial charge >= 0.3 is 0 Å². The molecule has 0 saturated carbocycles. The number of aromatic nitrogens is 1. The molecule has 1 aromatic heterocycles. The average molecular weight is 376 g/mol. The van der Waals surface area contributed by atoms with E-state index in [9.17, 15) is 9.59 Å². The molecular formula is C16H10ClN3O2S2. The topological polar surface area (TPSA) is 62.3 Å². The van der Waals surface area contributed by atoms with Crippen molar-refractivity contribution in [1.29, 1.82) is 0 Å². The number of hydrogen-bond donors (Lipinski definition) is 1. The summed E-state index contributed by atoms with van der Waals surface area (Å²) in [5.41, 5.74) is 3.73. The molecule has 0 unspecified atom stereocenters. The van der Waals surface area contributed by atoms with E-state index >= 15 is 0 Å². The van der Waals surface area contributed by atoms with E-state index in [0.717, 1.165) is 22.3 Å². The van der Waals surface area contributed by atoms with Crippen molar-refractivity contribution in [2.75, 3.05) is 0 Å². The number of nitrogens with one attached hydrogen (secondary N) is 1. The maximum Gasteiger partial charge on any atom is 0.285 e. The van der Waals surface area contributed by atoms with Gasteiger partial charge in [-0.1, -0.05) is 23.4 Å². The molecule has 2 aromatic rings. The van der Waals surface area contributed by atoms with Crippen molar-refractivity contribution in [2.24, 2.45) is 0 Å². The van der Waals surface area contributed by atoms with Gasteiger partial charge in [-0.2, -0.15) is 5.01 Å². The number of carbonyl (C=O) groups excluding carboxylic acids is 2. The molecule has 1 aromatic carbocycles. The molecular weight excluding hydrogens is 366 g/mol. The van der Waals surface area contributed by atoms with E-state index < -0.39 is 5.91 Å². The number of thioether (sulfide) groups is 1. The second kappa shape index (κ2) is 7.12. The fraction of sp³-hybridized carbons (Fsp3) is 0. The Morgan fingerprint density at radius 3 is 2.54 bits per heavy atom. The third-order valence-electron chi connectivity index (χ3n) is 3.12. The van der Waals surface area contributed by atoms with Gasteiger partial charge in [-0.25, -0.2) is 0 Å². The van der Waals surface area contributed by atoms with Crippen LogP contribution in [-0.2, 0) is 4.79 Å². The van der Waals surface area contributed by atoms with Crippen molar-refractivity contribution >= 4 is 57.8 Å². The number of pyridine rings is 1. The van der Waals surface area contributed by atoms with Gasteiger partial charge in [0.05, 0.1) is 4.91 Å². The van der Waals surface area contributed by atoms with Gasteiger partial charge in [0.15, 0.2) is 4.32 Å². The van der Waals surface area contributed by atoms with Crippen LogP contribution in [0, 0.1) is 0 Å². The van der Waals surface area contributed by atoms with Crippen molar-refractivity contribution < 1.29 is 9.59 Å². The minimum absolute atomic E-state index is 0.266. The second-order valence-corrected chi connectivity index (χ2v) is 6.86. The van der Waals surface area contributed by atoms with Crippen LogP contribution in [0.4, 0.5) is 0 Å². The number of hydrazine groups is 1. The highest BCUT2D eigenvalue weighted by Crippen LogP contribution is 2.31. The normalized spacial score (nSPS) is 15.9. The molecule has 0 aliphatic carbocycles. The van der Waals surface area contributed by atoms with Crippen molar-refractivity contribution in [3.8, 4) is 0 Å². The number of halogens is 1. The molecule has 5 nitrogen and oxygen atoms in total. The fourth-order valence-corrected chi connectivity index (χ4v) is 3.25. The highest BCUT2D eigenvalue weighted by atomic mass is 35.5. The van der Waals surface area contributed by atoms with Crippen LogP contribution >= 0.6 is 35.6 Å². The Bertz CT molecular complexity index is 838. The number of nitrogens with zero attached hydrogens (tertiary/aromatic N) is 2. The summed E-state index contributed by atoms with van der Waals surface area (Å²) >= 11 is 12.1. The number of thiocarbonyl (C=S) groups is 1. The smallest absolute Gasteiger partial charge is 0.267 e. The summed E-state index contributed by atoms with van der Waals surface area (Å²) < 4.78 is 0.266. The standard InChI is InChI=1S/C16H10ClN3O2S2/c17-12-3-1-11(2-4-12)14(21)19-20-15(22)13(24-16(20)23)9-10-5-7-18-8-6-10/h1-9H,(H,19,21)/b13-9+. The number of hydrogen-bond acceptors (Lipinski definition) is 5. The zero-order chi connectivity index (χ0) is 17.1. The third-order valence-corrected chi connectivity index (χ3v) is 4.67. The molecule has 1 fully saturated rings. The molecule has 0 atom stereocenters. The van der Waals surface area contributed by atoms with E-state index in [1.807, 2.05) is 0 Å². The molecule has 1 saturated heterocycles. The molecule has 0 bridgehead atoms. The lowest BCUT2D eigenvalue weighted by atomic mass is 10.2. The predicted molar refractivity (Wildman–Crippen MR) is 98.2 cm³/mol. The van der Waals surface area contributed by atoms with Crippen molar-refractivity contribution in [1.82, 2.24) is 15.4 Å². The molecule has 2 heterocycles. The monoisotopic (exact) mass is 375 g/mol. The average Bonchev–Trinajstić information content (AvgIpc) is 2.84. The maximum absolute atomic E-state index is 12.4. The maximum atomic E-state index is 12.4. The summed E-state index contributed by atoms with van der Waals surface area (Å²) in [6.07, 6.45) is 4.97. The highest BCUT2D eigenvalue weighted by Gasteiger charge is 2.33. The Morgan fingerprint density at radius 1 is 1.21 bits per heavy atom. The van der Waals surface area contributed by atoms with Gasteiger partial charge in [0.25, 0.3) is 11.8 Å². The Balaban J connectivity index is 1.76. The first-order chi connectivity index (χ1) is 11.5. The summed E-state index contributed by atoms with van der Waals surface area (Å²) in [4.78, 5) is 29.0. The van der Waals surface area contributed by atoms with Crippen LogP contribution in [0.15, 0.2) is 53.7 Å². The van der Waals surface area contributed by atoms with Gasteiger partial charge in [0.2, 0.25) is 0 Å². The minimum Gasteiger partial charge on any atom is -0.267 e. The van der Waals surface area contributed by atoms with Gasteiger partial charge in [0, 0.05) is 23.0 Å². The number of rotatable bonds is 3. The van der Waals surface area contributed by atoms with E-state index in [4.69, 9.17) is 23.8 Å². The van der Waals surface area contributed by atoms with Gasteiger partial charge in [-0.15, -0.1) is 0 Å². The quantitative estimate of drug-likeness (QED) is 0.659. The zero-order valence-electron chi connectivity index (χ0n) is 12.1. The number of amides is 2. The molecule has 0 spiro atoms. The van der Waals surface area contributed by atoms with Crippen LogP contribution < -0.4 is 5.43 Å². The number of benzene rings is 1.